The first-order valence-corrected chi connectivity index (χ1v) is 11.4. The van der Waals surface area contributed by atoms with E-state index in [-0.39, 0.29) is 10.6 Å². The van der Waals surface area contributed by atoms with E-state index in [4.69, 9.17) is 4.43 Å². The van der Waals surface area contributed by atoms with Crippen LogP contribution < -0.4 is 0 Å². The fourth-order valence-corrected chi connectivity index (χ4v) is 4.88. The average molecular weight is 313 g/mol. The third kappa shape index (κ3) is 4.66. The molecule has 0 heterocycles. The Hall–Kier alpha value is -0.153. The van der Waals surface area contributed by atoms with Crippen LogP contribution >= 0.6 is 0 Å². The zero-order chi connectivity index (χ0) is 16.5. The Labute approximate surface area is 133 Å². The molecule has 0 radical (unpaired) electrons. The summed E-state index contributed by atoms with van der Waals surface area (Å²) in [6.45, 7) is 18.4. The molecule has 0 amide bonds. The van der Waals surface area contributed by atoms with Crippen LogP contribution in [0.1, 0.15) is 73.6 Å². The van der Waals surface area contributed by atoms with E-state index in [0.717, 1.165) is 25.0 Å². The predicted octanol–water partition coefficient (Wildman–Crippen LogP) is 5.57. The smallest absolute Gasteiger partial charge is 0.192 e. The first-order valence-electron chi connectivity index (χ1n) is 8.47. The van der Waals surface area contributed by atoms with Crippen LogP contribution in [0.3, 0.4) is 0 Å². The highest BCUT2D eigenvalue weighted by molar-refractivity contribution is 6.74. The van der Waals surface area contributed by atoms with Gasteiger partial charge in [0.2, 0.25) is 0 Å². The predicted molar refractivity (Wildman–Crippen MR) is 93.1 cm³/mol. The van der Waals surface area contributed by atoms with Crippen LogP contribution in [0.2, 0.25) is 18.1 Å². The molecule has 0 unspecified atom stereocenters. The van der Waals surface area contributed by atoms with Gasteiger partial charge in [0, 0.05) is 6.42 Å². The van der Waals surface area contributed by atoms with Crippen molar-refractivity contribution in [2.75, 3.05) is 0 Å². The van der Waals surface area contributed by atoms with Gasteiger partial charge in [-0.25, -0.2) is 0 Å². The molecule has 0 atom stereocenters. The summed E-state index contributed by atoms with van der Waals surface area (Å²) in [6, 6.07) is 0. The molecule has 2 nitrogen and oxygen atoms in total. The standard InChI is InChI=1S/C18H36O2Si/c1-16(2,3)15-9-11-18(12-10-15,13-14-19)20-21(7,8)17(4,5)6/h14-15H,9-13H2,1-8H3. The van der Waals surface area contributed by atoms with Crippen molar-refractivity contribution in [2.45, 2.75) is 97.4 Å². The van der Waals surface area contributed by atoms with Gasteiger partial charge < -0.3 is 9.22 Å². The molecular formula is C18H36O2Si. The minimum Gasteiger partial charge on any atom is -0.411 e. The van der Waals surface area contributed by atoms with Crippen LogP contribution in [-0.4, -0.2) is 20.2 Å². The molecule has 3 heteroatoms. The molecule has 0 spiro atoms. The monoisotopic (exact) mass is 312 g/mol. The Morgan fingerprint density at radius 3 is 1.90 bits per heavy atom. The van der Waals surface area contributed by atoms with Crippen LogP contribution in [0.5, 0.6) is 0 Å². The van der Waals surface area contributed by atoms with E-state index in [9.17, 15) is 4.79 Å². The summed E-state index contributed by atoms with van der Waals surface area (Å²) in [5.41, 5.74) is 0.177. The highest BCUT2D eigenvalue weighted by Gasteiger charge is 2.47. The fraction of sp³-hybridized carbons (Fsp3) is 0.944. The quantitative estimate of drug-likeness (QED) is 0.501. The van der Waals surface area contributed by atoms with Crippen molar-refractivity contribution in [3.63, 3.8) is 0 Å². The largest absolute Gasteiger partial charge is 0.411 e. The summed E-state index contributed by atoms with van der Waals surface area (Å²) in [4.78, 5) is 11.2. The number of rotatable bonds is 4. The van der Waals surface area contributed by atoms with Gasteiger partial charge >= 0.3 is 0 Å². The van der Waals surface area contributed by atoms with E-state index in [1.807, 2.05) is 0 Å². The maximum Gasteiger partial charge on any atom is 0.192 e. The number of hydrogen-bond donors (Lipinski definition) is 0. The van der Waals surface area contributed by atoms with E-state index in [0.29, 0.717) is 11.8 Å². The fourth-order valence-electron chi connectivity index (χ4n) is 3.20. The van der Waals surface area contributed by atoms with Gasteiger partial charge in [0.1, 0.15) is 6.29 Å². The molecule has 1 saturated carbocycles. The highest BCUT2D eigenvalue weighted by atomic mass is 28.4. The molecule has 0 aromatic rings. The second-order valence-electron chi connectivity index (χ2n) is 9.56. The molecule has 1 fully saturated rings. The lowest BCUT2D eigenvalue weighted by atomic mass is 9.68. The minimum absolute atomic E-state index is 0.188. The summed E-state index contributed by atoms with van der Waals surface area (Å²) in [6.07, 6.45) is 6.10. The number of hydrogen-bond acceptors (Lipinski definition) is 2. The van der Waals surface area contributed by atoms with Gasteiger partial charge in [-0.1, -0.05) is 41.5 Å². The van der Waals surface area contributed by atoms with E-state index < -0.39 is 8.32 Å². The lowest BCUT2D eigenvalue weighted by Crippen LogP contribution is -2.52. The lowest BCUT2D eigenvalue weighted by molar-refractivity contribution is -0.113. The van der Waals surface area contributed by atoms with Crippen molar-refractivity contribution >= 4 is 14.6 Å². The Bertz CT molecular complexity index is 352. The molecule has 1 rings (SSSR count). The van der Waals surface area contributed by atoms with Crippen molar-refractivity contribution in [3.05, 3.63) is 0 Å². The van der Waals surface area contributed by atoms with E-state index >= 15 is 0 Å². The summed E-state index contributed by atoms with van der Waals surface area (Å²) in [7, 11) is -1.83. The molecular weight excluding hydrogens is 276 g/mol. The molecule has 0 aromatic carbocycles. The molecule has 0 aliphatic heterocycles. The Morgan fingerprint density at radius 2 is 1.57 bits per heavy atom. The Kier molecular flexibility index (Phi) is 5.54. The maximum atomic E-state index is 11.2. The molecule has 0 N–H and O–H groups in total. The SMILES string of the molecule is CC(C)(C)C1CCC(CC=O)(O[Si](C)(C)C(C)(C)C)CC1. The second-order valence-corrected chi connectivity index (χ2v) is 14.3. The zero-order valence-electron chi connectivity index (χ0n) is 15.5. The number of aldehydes is 1. The summed E-state index contributed by atoms with van der Waals surface area (Å²) in [5.74, 6) is 0.750. The Balaban J connectivity index is 2.86. The third-order valence-corrected chi connectivity index (χ3v) is 10.4. The lowest BCUT2D eigenvalue weighted by Gasteiger charge is -2.49. The van der Waals surface area contributed by atoms with Crippen LogP contribution in [0.15, 0.2) is 0 Å². The first-order chi connectivity index (χ1) is 9.33. The van der Waals surface area contributed by atoms with Crippen molar-refractivity contribution in [1.82, 2.24) is 0 Å². The van der Waals surface area contributed by atoms with Gasteiger partial charge in [-0.3, -0.25) is 0 Å². The molecule has 0 bridgehead atoms. The third-order valence-electron chi connectivity index (χ3n) is 5.85. The minimum atomic E-state index is -1.83. The highest BCUT2D eigenvalue weighted by Crippen LogP contribution is 2.48. The molecule has 0 aromatic heterocycles. The van der Waals surface area contributed by atoms with Crippen LogP contribution in [-0.2, 0) is 9.22 Å². The van der Waals surface area contributed by atoms with Gasteiger partial charge in [-0.05, 0) is 55.1 Å². The van der Waals surface area contributed by atoms with Crippen LogP contribution in [0.25, 0.3) is 0 Å². The van der Waals surface area contributed by atoms with Crippen molar-refractivity contribution < 1.29 is 9.22 Å². The summed E-state index contributed by atoms with van der Waals surface area (Å²) >= 11 is 0. The van der Waals surface area contributed by atoms with Gasteiger partial charge in [0.05, 0.1) is 5.60 Å². The van der Waals surface area contributed by atoms with E-state index in [1.54, 1.807) is 0 Å². The summed E-state index contributed by atoms with van der Waals surface area (Å²) in [5, 5.41) is 0.198. The average Bonchev–Trinajstić information content (AvgIpc) is 2.26. The van der Waals surface area contributed by atoms with Crippen LogP contribution in [0, 0.1) is 11.3 Å². The van der Waals surface area contributed by atoms with Gasteiger partial charge in [0.15, 0.2) is 8.32 Å². The number of carbonyl (C=O) groups excluding carboxylic acids is 1. The Morgan fingerprint density at radius 1 is 1.10 bits per heavy atom. The molecule has 1 aliphatic rings. The van der Waals surface area contributed by atoms with Crippen LogP contribution in [0.4, 0.5) is 0 Å². The first kappa shape index (κ1) is 18.9. The van der Waals surface area contributed by atoms with E-state index in [1.165, 1.54) is 12.8 Å². The van der Waals surface area contributed by atoms with Gasteiger partial charge in [0.25, 0.3) is 0 Å². The second kappa shape index (κ2) is 6.15. The molecule has 0 saturated heterocycles. The van der Waals surface area contributed by atoms with Crippen molar-refractivity contribution in [2.24, 2.45) is 11.3 Å². The molecule has 1 aliphatic carbocycles. The van der Waals surface area contributed by atoms with Gasteiger partial charge in [-0.15, -0.1) is 0 Å². The van der Waals surface area contributed by atoms with Crippen molar-refractivity contribution in [1.29, 1.82) is 0 Å². The van der Waals surface area contributed by atoms with Crippen molar-refractivity contribution in [3.8, 4) is 0 Å². The van der Waals surface area contributed by atoms with Gasteiger partial charge in [-0.2, -0.15) is 0 Å². The van der Waals surface area contributed by atoms with E-state index in [2.05, 4.69) is 54.6 Å². The molecule has 21 heavy (non-hydrogen) atoms. The zero-order valence-corrected chi connectivity index (χ0v) is 16.5. The normalized spacial score (nSPS) is 28.5. The summed E-state index contributed by atoms with van der Waals surface area (Å²) < 4.78 is 6.74. The maximum absolute atomic E-state index is 11.2. The number of carbonyl (C=O) groups is 1. The molecule has 124 valence electrons. The topological polar surface area (TPSA) is 26.3 Å².